The minimum Gasteiger partial charge on any atom is -0.461 e. The first-order valence-electron chi connectivity index (χ1n) is 8.11. The van der Waals surface area contributed by atoms with Crippen LogP contribution in [0.2, 0.25) is 0 Å². The van der Waals surface area contributed by atoms with Crippen LogP contribution in [0.4, 0.5) is 0 Å². The average Bonchev–Trinajstić information content (AvgIpc) is 2.53. The van der Waals surface area contributed by atoms with Crippen molar-refractivity contribution >= 4 is 0 Å². The Labute approximate surface area is 139 Å². The standard InChI is InChI=1S/C16H30O7/c1-7-17-13(18-8-2)15(21-11-5)23-16(22-12-6)14(19-9-3)20-10-4/h7-12H2,1-6H3. The Morgan fingerprint density at radius 1 is 0.391 bits per heavy atom. The molecule has 0 saturated carbocycles. The van der Waals surface area contributed by atoms with E-state index in [-0.39, 0.29) is 23.8 Å². The largest absolute Gasteiger partial charge is 0.461 e. The first-order valence-corrected chi connectivity index (χ1v) is 8.11. The second-order valence-corrected chi connectivity index (χ2v) is 3.85. The van der Waals surface area contributed by atoms with E-state index in [1.165, 1.54) is 0 Å². The molecule has 0 bridgehead atoms. The van der Waals surface area contributed by atoms with E-state index in [4.69, 9.17) is 33.2 Å². The molecule has 0 N–H and O–H groups in total. The van der Waals surface area contributed by atoms with Crippen molar-refractivity contribution in [3.8, 4) is 0 Å². The van der Waals surface area contributed by atoms with Gasteiger partial charge in [0.25, 0.3) is 0 Å². The van der Waals surface area contributed by atoms with E-state index in [2.05, 4.69) is 0 Å². The van der Waals surface area contributed by atoms with Crippen molar-refractivity contribution in [3.05, 3.63) is 23.8 Å². The predicted octanol–water partition coefficient (Wildman–Crippen LogP) is 3.48. The molecule has 0 aromatic rings. The third-order valence-electron chi connectivity index (χ3n) is 2.17. The molecule has 0 aliphatic carbocycles. The molecular weight excluding hydrogens is 304 g/mol. The topological polar surface area (TPSA) is 64.6 Å². The van der Waals surface area contributed by atoms with Gasteiger partial charge in [0.15, 0.2) is 0 Å². The maximum absolute atomic E-state index is 5.68. The summed E-state index contributed by atoms with van der Waals surface area (Å²) in [6, 6.07) is 0. The van der Waals surface area contributed by atoms with Crippen LogP contribution in [0.1, 0.15) is 41.5 Å². The molecule has 0 spiro atoms. The highest BCUT2D eigenvalue weighted by molar-refractivity contribution is 4.95. The third kappa shape index (κ3) is 8.32. The van der Waals surface area contributed by atoms with Gasteiger partial charge in [-0.1, -0.05) is 0 Å². The lowest BCUT2D eigenvalue weighted by molar-refractivity contribution is -0.0756. The van der Waals surface area contributed by atoms with E-state index in [0.717, 1.165) is 0 Å². The van der Waals surface area contributed by atoms with Crippen LogP contribution < -0.4 is 0 Å². The maximum Gasteiger partial charge on any atom is 0.372 e. The van der Waals surface area contributed by atoms with Gasteiger partial charge in [-0.3, -0.25) is 0 Å². The molecule has 23 heavy (non-hydrogen) atoms. The molecule has 0 rings (SSSR count). The second kappa shape index (κ2) is 13.7. The molecule has 0 aromatic heterocycles. The van der Waals surface area contributed by atoms with Gasteiger partial charge in [0.1, 0.15) is 0 Å². The van der Waals surface area contributed by atoms with Crippen LogP contribution in [-0.4, -0.2) is 39.6 Å². The molecule has 0 atom stereocenters. The highest BCUT2D eigenvalue weighted by Crippen LogP contribution is 2.20. The fourth-order valence-corrected chi connectivity index (χ4v) is 1.45. The van der Waals surface area contributed by atoms with Gasteiger partial charge in [-0.25, -0.2) is 0 Å². The zero-order chi connectivity index (χ0) is 17.5. The number of hydrogen-bond donors (Lipinski definition) is 0. The molecule has 7 heteroatoms. The Bertz CT molecular complexity index is 313. The van der Waals surface area contributed by atoms with Gasteiger partial charge in [-0.05, 0) is 41.5 Å². The van der Waals surface area contributed by atoms with Crippen molar-refractivity contribution in [3.63, 3.8) is 0 Å². The van der Waals surface area contributed by atoms with Crippen LogP contribution in [-0.2, 0) is 33.2 Å². The van der Waals surface area contributed by atoms with Crippen LogP contribution in [0, 0.1) is 0 Å². The van der Waals surface area contributed by atoms with Crippen LogP contribution in [0.25, 0.3) is 0 Å². The van der Waals surface area contributed by atoms with E-state index in [1.54, 1.807) is 0 Å². The van der Waals surface area contributed by atoms with Gasteiger partial charge < -0.3 is 33.2 Å². The number of rotatable bonds is 14. The Hall–Kier alpha value is -1.92. The van der Waals surface area contributed by atoms with E-state index < -0.39 is 0 Å². The zero-order valence-electron chi connectivity index (χ0n) is 15.1. The summed E-state index contributed by atoms with van der Waals surface area (Å²) in [5, 5.41) is 0. The fourth-order valence-electron chi connectivity index (χ4n) is 1.45. The van der Waals surface area contributed by atoms with E-state index in [0.29, 0.717) is 39.6 Å². The Morgan fingerprint density at radius 3 is 0.826 bits per heavy atom. The van der Waals surface area contributed by atoms with Crippen LogP contribution >= 0.6 is 0 Å². The van der Waals surface area contributed by atoms with Crippen LogP contribution in [0.3, 0.4) is 0 Å². The van der Waals surface area contributed by atoms with Crippen molar-refractivity contribution in [2.45, 2.75) is 41.5 Å². The molecule has 0 saturated heterocycles. The lowest BCUT2D eigenvalue weighted by Crippen LogP contribution is -2.13. The lowest BCUT2D eigenvalue weighted by Gasteiger charge is -2.18. The number of hydrogen-bond acceptors (Lipinski definition) is 7. The van der Waals surface area contributed by atoms with Crippen molar-refractivity contribution in [2.24, 2.45) is 0 Å². The predicted molar refractivity (Wildman–Crippen MR) is 84.9 cm³/mol. The monoisotopic (exact) mass is 334 g/mol. The second-order valence-electron chi connectivity index (χ2n) is 3.85. The molecule has 0 radical (unpaired) electrons. The molecular formula is C16H30O7. The highest BCUT2D eigenvalue weighted by Gasteiger charge is 2.22. The summed E-state index contributed by atoms with van der Waals surface area (Å²) in [4.78, 5) is 0. The minimum atomic E-state index is 0.0663. The summed E-state index contributed by atoms with van der Waals surface area (Å²) in [5.74, 6) is 0.441. The quantitative estimate of drug-likeness (QED) is 0.451. The van der Waals surface area contributed by atoms with Gasteiger partial charge in [-0.15, -0.1) is 0 Å². The summed E-state index contributed by atoms with van der Waals surface area (Å²) >= 11 is 0. The molecule has 7 nitrogen and oxygen atoms in total. The summed E-state index contributed by atoms with van der Waals surface area (Å²) in [6.45, 7) is 13.4. The van der Waals surface area contributed by atoms with Gasteiger partial charge >= 0.3 is 23.8 Å². The molecule has 0 amide bonds. The van der Waals surface area contributed by atoms with E-state index in [1.807, 2.05) is 41.5 Å². The lowest BCUT2D eigenvalue weighted by atomic mass is 10.7. The van der Waals surface area contributed by atoms with Crippen molar-refractivity contribution < 1.29 is 33.2 Å². The van der Waals surface area contributed by atoms with Crippen LogP contribution in [0.15, 0.2) is 23.8 Å². The summed E-state index contributed by atoms with van der Waals surface area (Å²) in [7, 11) is 0. The zero-order valence-corrected chi connectivity index (χ0v) is 15.1. The SMILES string of the molecule is CCOC(OCC)=C(OCC)OC(OCC)=C(OCC)OCC. The van der Waals surface area contributed by atoms with Gasteiger partial charge in [0, 0.05) is 0 Å². The number of ether oxygens (including phenoxy) is 7. The molecule has 136 valence electrons. The maximum atomic E-state index is 5.68. The summed E-state index contributed by atoms with van der Waals surface area (Å²) in [5.41, 5.74) is 0. The molecule has 0 unspecified atom stereocenters. The first kappa shape index (κ1) is 21.1. The highest BCUT2D eigenvalue weighted by atomic mass is 16.8. The third-order valence-corrected chi connectivity index (χ3v) is 2.17. The fraction of sp³-hybridized carbons (Fsp3) is 0.750. The van der Waals surface area contributed by atoms with Gasteiger partial charge in [0.05, 0.1) is 39.6 Å². The van der Waals surface area contributed by atoms with Crippen molar-refractivity contribution in [2.75, 3.05) is 39.6 Å². The molecule has 0 fully saturated rings. The van der Waals surface area contributed by atoms with Crippen LogP contribution in [0.5, 0.6) is 0 Å². The Balaban J connectivity index is 5.57. The summed E-state index contributed by atoms with van der Waals surface area (Å²) < 4.78 is 38.3. The average molecular weight is 334 g/mol. The van der Waals surface area contributed by atoms with E-state index in [9.17, 15) is 0 Å². The summed E-state index contributed by atoms with van der Waals surface area (Å²) in [6.07, 6.45) is 0. The van der Waals surface area contributed by atoms with Gasteiger partial charge in [-0.2, -0.15) is 0 Å². The molecule has 0 aromatic carbocycles. The minimum absolute atomic E-state index is 0.0663. The van der Waals surface area contributed by atoms with E-state index >= 15 is 0 Å². The Kier molecular flexibility index (Phi) is 12.6. The molecule has 0 heterocycles. The Morgan fingerprint density at radius 2 is 0.609 bits per heavy atom. The molecule has 0 aliphatic rings. The molecule has 0 aliphatic heterocycles. The van der Waals surface area contributed by atoms with Crippen molar-refractivity contribution in [1.29, 1.82) is 0 Å². The smallest absolute Gasteiger partial charge is 0.372 e. The normalized spacial score (nSPS) is 9.48. The van der Waals surface area contributed by atoms with Crippen molar-refractivity contribution in [1.82, 2.24) is 0 Å². The van der Waals surface area contributed by atoms with Gasteiger partial charge in [0.2, 0.25) is 0 Å². The first-order chi connectivity index (χ1) is 11.2.